The molecule has 1 aromatic carbocycles. The maximum atomic E-state index is 10.6. The summed E-state index contributed by atoms with van der Waals surface area (Å²) in [6.07, 6.45) is 0. The normalized spacial score (nSPS) is 13.1. The molecule has 0 aliphatic rings. The maximum absolute atomic E-state index is 10.6. The van der Waals surface area contributed by atoms with Gasteiger partial charge in [-0.25, -0.2) is 9.67 Å². The molecule has 0 spiro atoms. The number of aromatic nitrogens is 6. The van der Waals surface area contributed by atoms with E-state index in [4.69, 9.17) is 10.3 Å². The molecule has 9 nitrogen and oxygen atoms in total. The number of aliphatic hydroxyl groups is 1. The largest absolute Gasteiger partial charge is 0.371 e. The van der Waals surface area contributed by atoms with Crippen molar-refractivity contribution in [2.24, 2.45) is 0 Å². The number of anilines is 1. The van der Waals surface area contributed by atoms with Crippen LogP contribution < -0.4 is 5.73 Å². The first kappa shape index (κ1) is 18.6. The van der Waals surface area contributed by atoms with Gasteiger partial charge in [-0.2, -0.15) is 15.1 Å². The summed E-state index contributed by atoms with van der Waals surface area (Å²) in [4.78, 5) is 12.4. The molecule has 0 radical (unpaired) electrons. The predicted molar refractivity (Wildman–Crippen MR) is 106 cm³/mol. The molecule has 0 aliphatic heterocycles. The molecule has 3 aromatic heterocycles. The van der Waals surface area contributed by atoms with Crippen LogP contribution in [-0.2, 0) is 5.60 Å². The van der Waals surface area contributed by atoms with Crippen molar-refractivity contribution in [1.29, 1.82) is 0 Å². The highest BCUT2D eigenvalue weighted by Crippen LogP contribution is 2.23. The highest BCUT2D eigenvalue weighted by atomic mass is 16.5. The van der Waals surface area contributed by atoms with Crippen molar-refractivity contribution in [1.82, 2.24) is 29.9 Å². The van der Waals surface area contributed by atoms with E-state index in [1.165, 1.54) is 6.92 Å². The third kappa shape index (κ3) is 3.53. The SMILES string of the molecule is Cc1cc(-n2nc(C)c3ccc(C#C[C@@](C)(O)c4noc(C)n4)cc32)nc(N)n1. The zero-order valence-electron chi connectivity index (χ0n) is 16.4. The van der Waals surface area contributed by atoms with E-state index in [9.17, 15) is 5.11 Å². The molecular weight excluding hydrogens is 370 g/mol. The summed E-state index contributed by atoms with van der Waals surface area (Å²) >= 11 is 0. The Kier molecular flexibility index (Phi) is 4.28. The molecule has 4 aromatic rings. The fourth-order valence-corrected chi connectivity index (χ4v) is 2.95. The van der Waals surface area contributed by atoms with Crippen LogP contribution >= 0.6 is 0 Å². The monoisotopic (exact) mass is 389 g/mol. The molecule has 3 N–H and O–H groups in total. The average Bonchev–Trinajstić information content (AvgIpc) is 3.23. The minimum Gasteiger partial charge on any atom is -0.371 e. The smallest absolute Gasteiger partial charge is 0.223 e. The molecule has 0 amide bonds. The number of benzene rings is 1. The molecule has 0 fully saturated rings. The van der Waals surface area contributed by atoms with Gasteiger partial charge in [0.2, 0.25) is 17.7 Å². The Morgan fingerprint density at radius 1 is 1.14 bits per heavy atom. The van der Waals surface area contributed by atoms with Crippen molar-refractivity contribution in [3.8, 4) is 17.7 Å². The lowest BCUT2D eigenvalue weighted by molar-refractivity contribution is 0.108. The third-order valence-corrected chi connectivity index (χ3v) is 4.35. The van der Waals surface area contributed by atoms with Gasteiger partial charge < -0.3 is 15.4 Å². The molecule has 9 heteroatoms. The standard InChI is InChI=1S/C20H19N7O2/c1-11-9-17(24-19(21)22-11)27-16-10-14(5-6-15(16)12(2)25-27)7-8-20(4,28)18-23-13(3)29-26-18/h5-6,9-10,28H,1-4H3,(H2,21,22,24)/t20-/m1/s1. The molecule has 1 atom stereocenters. The lowest BCUT2D eigenvalue weighted by atomic mass is 10.1. The number of rotatable bonds is 2. The summed E-state index contributed by atoms with van der Waals surface area (Å²) in [5.41, 5.74) is 7.37. The van der Waals surface area contributed by atoms with E-state index < -0.39 is 5.60 Å². The van der Waals surface area contributed by atoms with E-state index >= 15 is 0 Å². The van der Waals surface area contributed by atoms with Crippen LogP contribution in [0.3, 0.4) is 0 Å². The fraction of sp³-hybridized carbons (Fsp3) is 0.250. The third-order valence-electron chi connectivity index (χ3n) is 4.35. The highest BCUT2D eigenvalue weighted by molar-refractivity contribution is 5.84. The molecule has 0 saturated carbocycles. The minimum atomic E-state index is -1.54. The molecule has 0 unspecified atom stereocenters. The number of nitrogens with two attached hydrogens (primary N) is 1. The van der Waals surface area contributed by atoms with Crippen LogP contribution in [-0.4, -0.2) is 35.0 Å². The zero-order chi connectivity index (χ0) is 20.8. The van der Waals surface area contributed by atoms with E-state index in [2.05, 4.69) is 37.0 Å². The number of aryl methyl sites for hydroxylation is 3. The molecule has 29 heavy (non-hydrogen) atoms. The molecule has 0 aliphatic carbocycles. The predicted octanol–water partition coefficient (Wildman–Crippen LogP) is 1.97. The second-order valence-electron chi connectivity index (χ2n) is 6.91. The van der Waals surface area contributed by atoms with Gasteiger partial charge >= 0.3 is 0 Å². The maximum Gasteiger partial charge on any atom is 0.223 e. The van der Waals surface area contributed by atoms with Gasteiger partial charge in [0.05, 0.1) is 11.2 Å². The Balaban J connectivity index is 1.79. The van der Waals surface area contributed by atoms with E-state index in [0.29, 0.717) is 17.3 Å². The van der Waals surface area contributed by atoms with E-state index in [1.54, 1.807) is 11.6 Å². The second kappa shape index (κ2) is 6.68. The minimum absolute atomic E-state index is 0.122. The van der Waals surface area contributed by atoms with Crippen molar-refractivity contribution in [3.05, 3.63) is 52.9 Å². The van der Waals surface area contributed by atoms with Crippen molar-refractivity contribution in [2.45, 2.75) is 33.3 Å². The summed E-state index contributed by atoms with van der Waals surface area (Å²) in [5.74, 6) is 7.02. The Morgan fingerprint density at radius 2 is 1.93 bits per heavy atom. The lowest BCUT2D eigenvalue weighted by Crippen LogP contribution is -2.20. The first-order valence-electron chi connectivity index (χ1n) is 8.90. The van der Waals surface area contributed by atoms with Gasteiger partial charge in [-0.3, -0.25) is 0 Å². The number of nitrogens with zero attached hydrogens (tertiary/aromatic N) is 6. The van der Waals surface area contributed by atoms with Crippen LogP contribution in [0.15, 0.2) is 28.8 Å². The topological polar surface area (TPSA) is 129 Å². The van der Waals surface area contributed by atoms with Crippen LogP contribution in [0.4, 0.5) is 5.95 Å². The van der Waals surface area contributed by atoms with Gasteiger partial charge in [0.15, 0.2) is 11.4 Å². The van der Waals surface area contributed by atoms with Crippen LogP contribution in [0.1, 0.15) is 35.6 Å². The second-order valence-corrected chi connectivity index (χ2v) is 6.91. The number of hydrogen-bond donors (Lipinski definition) is 2. The van der Waals surface area contributed by atoms with Gasteiger partial charge in [-0.1, -0.05) is 17.0 Å². The summed E-state index contributed by atoms with van der Waals surface area (Å²) in [5, 5.41) is 19.9. The quantitative estimate of drug-likeness (QED) is 0.498. The number of nitrogen functional groups attached to an aromatic ring is 1. The Hall–Kier alpha value is -3.77. The van der Waals surface area contributed by atoms with Crippen molar-refractivity contribution in [3.63, 3.8) is 0 Å². The van der Waals surface area contributed by atoms with Gasteiger partial charge in [0.25, 0.3) is 0 Å². The molecule has 0 saturated heterocycles. The number of fused-ring (bicyclic) bond motifs is 1. The fourth-order valence-electron chi connectivity index (χ4n) is 2.95. The highest BCUT2D eigenvalue weighted by Gasteiger charge is 2.26. The molecule has 3 heterocycles. The van der Waals surface area contributed by atoms with Crippen LogP contribution in [0, 0.1) is 32.6 Å². The summed E-state index contributed by atoms with van der Waals surface area (Å²) < 4.78 is 6.63. The van der Waals surface area contributed by atoms with Crippen molar-refractivity contribution >= 4 is 16.9 Å². The van der Waals surface area contributed by atoms with Crippen molar-refractivity contribution in [2.75, 3.05) is 5.73 Å². The first-order valence-corrected chi connectivity index (χ1v) is 8.90. The first-order chi connectivity index (χ1) is 13.7. The van der Waals surface area contributed by atoms with E-state index in [-0.39, 0.29) is 11.8 Å². The lowest BCUT2D eigenvalue weighted by Gasteiger charge is -2.10. The Bertz CT molecular complexity index is 1270. The molecule has 0 bridgehead atoms. The Labute approximate surface area is 166 Å². The summed E-state index contributed by atoms with van der Waals surface area (Å²) in [7, 11) is 0. The molecule has 146 valence electrons. The van der Waals surface area contributed by atoms with Crippen LogP contribution in [0.2, 0.25) is 0 Å². The van der Waals surface area contributed by atoms with Gasteiger partial charge in [-0.05, 0) is 39.0 Å². The Morgan fingerprint density at radius 3 is 2.62 bits per heavy atom. The molecular formula is C20H19N7O2. The molecule has 4 rings (SSSR count). The van der Waals surface area contributed by atoms with Gasteiger partial charge in [-0.15, -0.1) is 0 Å². The van der Waals surface area contributed by atoms with Crippen LogP contribution in [0.5, 0.6) is 0 Å². The van der Waals surface area contributed by atoms with Crippen LogP contribution in [0.25, 0.3) is 16.7 Å². The van der Waals surface area contributed by atoms with E-state index in [0.717, 1.165) is 22.3 Å². The van der Waals surface area contributed by atoms with E-state index in [1.807, 2.05) is 38.1 Å². The van der Waals surface area contributed by atoms with Gasteiger partial charge in [0.1, 0.15) is 0 Å². The summed E-state index contributed by atoms with van der Waals surface area (Å²) in [6, 6.07) is 7.49. The average molecular weight is 389 g/mol. The number of hydrogen-bond acceptors (Lipinski definition) is 8. The summed E-state index contributed by atoms with van der Waals surface area (Å²) in [6.45, 7) is 6.94. The van der Waals surface area contributed by atoms with Crippen molar-refractivity contribution < 1.29 is 9.63 Å². The zero-order valence-corrected chi connectivity index (χ0v) is 16.4. The van der Waals surface area contributed by atoms with Gasteiger partial charge in [0, 0.05) is 29.6 Å².